The van der Waals surface area contributed by atoms with Crippen molar-refractivity contribution in [1.82, 2.24) is 10.6 Å². The number of carbonyl (C=O) groups is 1. The van der Waals surface area contributed by atoms with Crippen LogP contribution in [0.5, 0.6) is 0 Å². The third-order valence-corrected chi connectivity index (χ3v) is 3.70. The van der Waals surface area contributed by atoms with Gasteiger partial charge in [-0.15, -0.1) is 0 Å². The van der Waals surface area contributed by atoms with Gasteiger partial charge in [0.15, 0.2) is 0 Å². The Labute approximate surface area is 92.0 Å². The van der Waals surface area contributed by atoms with Gasteiger partial charge in [-0.2, -0.15) is 0 Å². The Morgan fingerprint density at radius 3 is 2.53 bits per heavy atom. The van der Waals surface area contributed by atoms with E-state index in [1.165, 1.54) is 6.42 Å². The minimum absolute atomic E-state index is 0.0599. The summed E-state index contributed by atoms with van der Waals surface area (Å²) in [6.45, 7) is 5.45. The molecule has 1 amide bonds. The average Bonchev–Trinajstić information content (AvgIpc) is 2.15. The van der Waals surface area contributed by atoms with Crippen molar-refractivity contribution in [3.05, 3.63) is 0 Å². The van der Waals surface area contributed by atoms with Gasteiger partial charge in [-0.05, 0) is 44.1 Å². The van der Waals surface area contributed by atoms with Gasteiger partial charge in [0, 0.05) is 6.04 Å². The Balaban J connectivity index is 1.75. The molecule has 1 saturated heterocycles. The summed E-state index contributed by atoms with van der Waals surface area (Å²) in [5.74, 6) is 1.70. The minimum Gasteiger partial charge on any atom is -0.352 e. The Hall–Kier alpha value is -0.570. The molecule has 2 N–H and O–H groups in total. The van der Waals surface area contributed by atoms with Crippen LogP contribution in [-0.4, -0.2) is 24.5 Å². The fourth-order valence-electron chi connectivity index (χ4n) is 2.63. The van der Waals surface area contributed by atoms with Crippen molar-refractivity contribution in [3.63, 3.8) is 0 Å². The Morgan fingerprint density at radius 2 is 1.93 bits per heavy atom. The van der Waals surface area contributed by atoms with Gasteiger partial charge in [0.1, 0.15) is 0 Å². The molecular formula is C12H22N2O. The molecule has 86 valence electrons. The average molecular weight is 210 g/mol. The van der Waals surface area contributed by atoms with Crippen LogP contribution >= 0.6 is 0 Å². The third kappa shape index (κ3) is 2.71. The molecule has 2 unspecified atom stereocenters. The maximum Gasteiger partial charge on any atom is 0.237 e. The first-order chi connectivity index (χ1) is 7.15. The zero-order valence-corrected chi connectivity index (χ0v) is 9.75. The number of amides is 1. The van der Waals surface area contributed by atoms with E-state index in [0.29, 0.717) is 12.0 Å². The zero-order chi connectivity index (χ0) is 10.8. The second kappa shape index (κ2) is 4.52. The van der Waals surface area contributed by atoms with Gasteiger partial charge in [-0.3, -0.25) is 4.79 Å². The molecular weight excluding hydrogens is 188 g/mol. The minimum atomic E-state index is 0.0599. The number of hydrogen-bond acceptors (Lipinski definition) is 2. The molecule has 0 bridgehead atoms. The van der Waals surface area contributed by atoms with Crippen LogP contribution in [0.3, 0.4) is 0 Å². The van der Waals surface area contributed by atoms with Crippen LogP contribution in [0.4, 0.5) is 0 Å². The van der Waals surface area contributed by atoms with Crippen LogP contribution in [0.1, 0.15) is 39.5 Å². The van der Waals surface area contributed by atoms with Gasteiger partial charge in [0.25, 0.3) is 0 Å². The van der Waals surface area contributed by atoms with Crippen molar-refractivity contribution >= 4 is 5.91 Å². The fourth-order valence-corrected chi connectivity index (χ4v) is 2.63. The Kier molecular flexibility index (Phi) is 3.29. The molecule has 1 aliphatic heterocycles. The number of carbonyl (C=O) groups excluding carboxylic acids is 1. The first kappa shape index (κ1) is 10.9. The highest BCUT2D eigenvalue weighted by Gasteiger charge is 2.30. The topological polar surface area (TPSA) is 41.1 Å². The van der Waals surface area contributed by atoms with Crippen LogP contribution in [0.2, 0.25) is 0 Å². The van der Waals surface area contributed by atoms with E-state index in [4.69, 9.17) is 0 Å². The highest BCUT2D eigenvalue weighted by Crippen LogP contribution is 2.26. The Morgan fingerprint density at radius 1 is 1.20 bits per heavy atom. The summed E-state index contributed by atoms with van der Waals surface area (Å²) in [6, 6.07) is 0.510. The quantitative estimate of drug-likeness (QED) is 0.721. The van der Waals surface area contributed by atoms with Gasteiger partial charge in [0.05, 0.1) is 6.04 Å². The lowest BCUT2D eigenvalue weighted by molar-refractivity contribution is -0.125. The molecule has 3 nitrogen and oxygen atoms in total. The van der Waals surface area contributed by atoms with Crippen LogP contribution in [0, 0.1) is 11.8 Å². The number of hydrogen-bond donors (Lipinski definition) is 2. The summed E-state index contributed by atoms with van der Waals surface area (Å²) in [5.41, 5.74) is 0. The molecule has 1 aliphatic carbocycles. The lowest BCUT2D eigenvalue weighted by Gasteiger charge is -2.35. The molecule has 2 atom stereocenters. The Bertz CT molecular complexity index is 236. The standard InChI is InChI=1S/C12H22N2O/c1-8-3-4-13-11(7-8)12(15)14-10-5-9(2)6-10/h8-11,13H,3-7H2,1-2H3,(H,14,15). The van der Waals surface area contributed by atoms with Crippen molar-refractivity contribution in [3.8, 4) is 0 Å². The molecule has 0 spiro atoms. The van der Waals surface area contributed by atoms with Crippen LogP contribution in [0.25, 0.3) is 0 Å². The SMILES string of the molecule is CC1CC(NC(=O)C2CC(C)CCN2)C1. The number of piperidine rings is 1. The van der Waals surface area contributed by atoms with Crippen molar-refractivity contribution in [2.45, 2.75) is 51.6 Å². The second-order valence-corrected chi connectivity index (χ2v) is 5.42. The fraction of sp³-hybridized carbons (Fsp3) is 0.917. The van der Waals surface area contributed by atoms with Crippen LogP contribution < -0.4 is 10.6 Å². The predicted molar refractivity (Wildman–Crippen MR) is 60.5 cm³/mol. The van der Waals surface area contributed by atoms with E-state index < -0.39 is 0 Å². The van der Waals surface area contributed by atoms with Crippen molar-refractivity contribution in [1.29, 1.82) is 0 Å². The molecule has 1 heterocycles. The maximum absolute atomic E-state index is 11.9. The maximum atomic E-state index is 11.9. The smallest absolute Gasteiger partial charge is 0.237 e. The molecule has 2 rings (SSSR count). The van der Waals surface area contributed by atoms with Crippen LogP contribution in [-0.2, 0) is 4.79 Å². The van der Waals surface area contributed by atoms with Gasteiger partial charge in [-0.25, -0.2) is 0 Å². The van der Waals surface area contributed by atoms with Crippen LogP contribution in [0.15, 0.2) is 0 Å². The lowest BCUT2D eigenvalue weighted by Crippen LogP contribution is -2.53. The van der Waals surface area contributed by atoms with E-state index in [0.717, 1.165) is 31.7 Å². The summed E-state index contributed by atoms with van der Waals surface area (Å²) in [7, 11) is 0. The van der Waals surface area contributed by atoms with Crippen molar-refractivity contribution in [2.24, 2.45) is 11.8 Å². The summed E-state index contributed by atoms with van der Waals surface area (Å²) >= 11 is 0. The van der Waals surface area contributed by atoms with Gasteiger partial charge in [0.2, 0.25) is 5.91 Å². The van der Waals surface area contributed by atoms with E-state index in [-0.39, 0.29) is 11.9 Å². The van der Waals surface area contributed by atoms with Gasteiger partial charge < -0.3 is 10.6 Å². The second-order valence-electron chi connectivity index (χ2n) is 5.42. The number of rotatable bonds is 2. The first-order valence-corrected chi connectivity index (χ1v) is 6.19. The zero-order valence-electron chi connectivity index (χ0n) is 9.75. The van der Waals surface area contributed by atoms with E-state index >= 15 is 0 Å². The molecule has 2 aliphatic rings. The van der Waals surface area contributed by atoms with E-state index in [1.807, 2.05) is 0 Å². The molecule has 0 aromatic heterocycles. The van der Waals surface area contributed by atoms with Crippen molar-refractivity contribution in [2.75, 3.05) is 6.54 Å². The lowest BCUT2D eigenvalue weighted by atomic mass is 9.81. The van der Waals surface area contributed by atoms with Crippen molar-refractivity contribution < 1.29 is 4.79 Å². The third-order valence-electron chi connectivity index (χ3n) is 3.70. The number of nitrogens with one attached hydrogen (secondary N) is 2. The summed E-state index contributed by atoms with van der Waals surface area (Å²) in [4.78, 5) is 11.9. The molecule has 15 heavy (non-hydrogen) atoms. The summed E-state index contributed by atoms with van der Waals surface area (Å²) in [5, 5.41) is 6.44. The highest BCUT2D eigenvalue weighted by molar-refractivity contribution is 5.82. The normalized spacial score (nSPS) is 40.7. The highest BCUT2D eigenvalue weighted by atomic mass is 16.2. The molecule has 0 aromatic rings. The molecule has 0 radical (unpaired) electrons. The largest absolute Gasteiger partial charge is 0.352 e. The van der Waals surface area contributed by atoms with Gasteiger partial charge in [-0.1, -0.05) is 13.8 Å². The molecule has 2 fully saturated rings. The molecule has 0 aromatic carbocycles. The first-order valence-electron chi connectivity index (χ1n) is 6.19. The van der Waals surface area contributed by atoms with E-state index in [9.17, 15) is 4.79 Å². The summed E-state index contributed by atoms with van der Waals surface area (Å²) in [6.07, 6.45) is 4.51. The monoisotopic (exact) mass is 210 g/mol. The van der Waals surface area contributed by atoms with E-state index in [2.05, 4.69) is 24.5 Å². The molecule has 3 heteroatoms. The molecule has 1 saturated carbocycles. The van der Waals surface area contributed by atoms with E-state index in [1.54, 1.807) is 0 Å². The predicted octanol–water partition coefficient (Wildman–Crippen LogP) is 1.29. The summed E-state index contributed by atoms with van der Waals surface area (Å²) < 4.78 is 0. The van der Waals surface area contributed by atoms with Gasteiger partial charge >= 0.3 is 0 Å².